The average molecular weight is 183 g/mol. The van der Waals surface area contributed by atoms with E-state index in [1.54, 1.807) is 0 Å². The van der Waals surface area contributed by atoms with Crippen molar-refractivity contribution in [2.24, 2.45) is 0 Å². The van der Waals surface area contributed by atoms with Gasteiger partial charge in [-0.3, -0.25) is 4.79 Å². The fourth-order valence-corrected chi connectivity index (χ4v) is 1.05. The van der Waals surface area contributed by atoms with E-state index in [9.17, 15) is 9.59 Å². The first-order chi connectivity index (χ1) is 6.18. The van der Waals surface area contributed by atoms with Crippen LogP contribution in [0.1, 0.15) is 10.6 Å². The van der Waals surface area contributed by atoms with Gasteiger partial charge < -0.3 is 19.6 Å². The molecule has 6 nitrogen and oxygen atoms in total. The first kappa shape index (κ1) is 7.66. The Bertz CT molecular complexity index is 380. The number of ether oxygens (including phenoxy) is 1. The largest absolute Gasteiger partial charge is 0.477 e. The van der Waals surface area contributed by atoms with Gasteiger partial charge in [-0.1, -0.05) is 0 Å². The number of hydrogen-bond acceptors (Lipinski definition) is 4. The fourth-order valence-electron chi connectivity index (χ4n) is 1.05. The summed E-state index contributed by atoms with van der Waals surface area (Å²) in [5.74, 6) is -1.77. The number of carboxylic acid groups (broad SMARTS) is 1. The Balaban J connectivity index is 2.44. The van der Waals surface area contributed by atoms with Gasteiger partial charge in [0.15, 0.2) is 12.4 Å². The molecular formula is C7H5NO5. The topological polar surface area (TPSA) is 88.8 Å². The highest BCUT2D eigenvalue weighted by molar-refractivity contribution is 5.99. The number of nitrogens with one attached hydrogen (secondary N) is 1. The summed E-state index contributed by atoms with van der Waals surface area (Å²) < 4.78 is 9.57. The van der Waals surface area contributed by atoms with E-state index in [1.165, 1.54) is 0 Å². The van der Waals surface area contributed by atoms with Crippen molar-refractivity contribution in [1.82, 2.24) is 0 Å². The maximum atomic E-state index is 10.8. The minimum absolute atomic E-state index is 0.0760. The van der Waals surface area contributed by atoms with Crippen LogP contribution in [0.5, 0.6) is 5.75 Å². The number of carbonyl (C=O) groups is 2. The second-order valence-corrected chi connectivity index (χ2v) is 2.45. The molecule has 0 spiro atoms. The lowest BCUT2D eigenvalue weighted by Crippen LogP contribution is -2.25. The molecule has 1 amide bonds. The quantitative estimate of drug-likeness (QED) is 0.653. The second-order valence-electron chi connectivity index (χ2n) is 2.45. The molecule has 1 aromatic heterocycles. The summed E-state index contributed by atoms with van der Waals surface area (Å²) in [7, 11) is 0. The molecule has 1 aliphatic heterocycles. The third-order valence-corrected chi connectivity index (χ3v) is 1.56. The van der Waals surface area contributed by atoms with Crippen LogP contribution in [0.3, 0.4) is 0 Å². The molecule has 0 unspecified atom stereocenters. The van der Waals surface area contributed by atoms with Gasteiger partial charge in [0.1, 0.15) is 12.0 Å². The SMILES string of the molecule is O=C1COc2c(coc2C(=O)O)N1. The number of rotatable bonds is 1. The van der Waals surface area contributed by atoms with Gasteiger partial charge in [0, 0.05) is 0 Å². The van der Waals surface area contributed by atoms with Crippen molar-refractivity contribution < 1.29 is 23.8 Å². The maximum absolute atomic E-state index is 10.8. The summed E-state index contributed by atoms with van der Waals surface area (Å²) in [5.41, 5.74) is 0.258. The molecule has 68 valence electrons. The zero-order valence-corrected chi connectivity index (χ0v) is 6.36. The molecule has 13 heavy (non-hydrogen) atoms. The Labute approximate surface area is 72.1 Å². The molecule has 0 aromatic carbocycles. The number of fused-ring (bicyclic) bond motifs is 1. The molecule has 0 aliphatic carbocycles. The van der Waals surface area contributed by atoms with E-state index in [4.69, 9.17) is 9.84 Å². The average Bonchev–Trinajstić information content (AvgIpc) is 2.46. The van der Waals surface area contributed by atoms with E-state index < -0.39 is 5.97 Å². The van der Waals surface area contributed by atoms with Crippen molar-refractivity contribution in [2.75, 3.05) is 11.9 Å². The monoisotopic (exact) mass is 183 g/mol. The maximum Gasteiger partial charge on any atom is 0.375 e. The lowest BCUT2D eigenvalue weighted by atomic mass is 10.3. The number of amides is 1. The van der Waals surface area contributed by atoms with Crippen LogP contribution in [-0.2, 0) is 4.79 Å². The lowest BCUT2D eigenvalue weighted by molar-refractivity contribution is -0.118. The molecule has 1 aromatic rings. The minimum Gasteiger partial charge on any atom is -0.477 e. The zero-order valence-electron chi connectivity index (χ0n) is 6.36. The Morgan fingerprint density at radius 2 is 2.38 bits per heavy atom. The summed E-state index contributed by atoms with van der Waals surface area (Å²) >= 11 is 0. The molecule has 2 rings (SSSR count). The Hall–Kier alpha value is -1.98. The first-order valence-corrected chi connectivity index (χ1v) is 3.46. The van der Waals surface area contributed by atoms with Gasteiger partial charge in [0.25, 0.3) is 11.7 Å². The number of anilines is 1. The van der Waals surface area contributed by atoms with Crippen molar-refractivity contribution >= 4 is 17.6 Å². The van der Waals surface area contributed by atoms with E-state index >= 15 is 0 Å². The number of carbonyl (C=O) groups excluding carboxylic acids is 1. The normalized spacial score (nSPS) is 14.3. The van der Waals surface area contributed by atoms with Crippen LogP contribution < -0.4 is 10.1 Å². The van der Waals surface area contributed by atoms with Crippen molar-refractivity contribution in [2.45, 2.75) is 0 Å². The van der Waals surface area contributed by atoms with E-state index in [2.05, 4.69) is 9.73 Å². The van der Waals surface area contributed by atoms with Gasteiger partial charge in [-0.05, 0) is 0 Å². The van der Waals surface area contributed by atoms with Gasteiger partial charge in [-0.2, -0.15) is 0 Å². The highest BCUT2D eigenvalue weighted by Crippen LogP contribution is 2.33. The van der Waals surface area contributed by atoms with E-state index in [0.29, 0.717) is 0 Å². The van der Waals surface area contributed by atoms with Gasteiger partial charge >= 0.3 is 5.97 Å². The van der Waals surface area contributed by atoms with Gasteiger partial charge in [-0.15, -0.1) is 0 Å². The van der Waals surface area contributed by atoms with Crippen molar-refractivity contribution in [3.63, 3.8) is 0 Å². The smallest absolute Gasteiger partial charge is 0.375 e. The highest BCUT2D eigenvalue weighted by Gasteiger charge is 2.26. The van der Waals surface area contributed by atoms with Crippen LogP contribution in [-0.4, -0.2) is 23.6 Å². The van der Waals surface area contributed by atoms with Crippen LogP contribution in [0.15, 0.2) is 10.7 Å². The number of hydrogen-bond donors (Lipinski definition) is 2. The molecule has 0 saturated carbocycles. The first-order valence-electron chi connectivity index (χ1n) is 3.46. The number of carboxylic acids is 1. The predicted octanol–water partition coefficient (Wildman–Crippen LogP) is 0.309. The van der Waals surface area contributed by atoms with Crippen molar-refractivity contribution in [1.29, 1.82) is 0 Å². The molecular weight excluding hydrogens is 178 g/mol. The van der Waals surface area contributed by atoms with Crippen LogP contribution in [0.25, 0.3) is 0 Å². The van der Waals surface area contributed by atoms with E-state index in [1.807, 2.05) is 0 Å². The fraction of sp³-hybridized carbons (Fsp3) is 0.143. The summed E-state index contributed by atoms with van der Waals surface area (Å²) in [6, 6.07) is 0. The van der Waals surface area contributed by atoms with E-state index in [-0.39, 0.29) is 29.7 Å². The van der Waals surface area contributed by atoms with Crippen molar-refractivity contribution in [3.05, 3.63) is 12.0 Å². The molecule has 0 fully saturated rings. The van der Waals surface area contributed by atoms with Crippen LogP contribution in [0, 0.1) is 0 Å². The summed E-state index contributed by atoms with van der Waals surface area (Å²) in [5, 5.41) is 11.0. The molecule has 0 radical (unpaired) electrons. The third kappa shape index (κ3) is 1.12. The molecule has 0 atom stereocenters. The van der Waals surface area contributed by atoms with Crippen molar-refractivity contribution in [3.8, 4) is 5.75 Å². The van der Waals surface area contributed by atoms with Gasteiger partial charge in [0.2, 0.25) is 0 Å². The highest BCUT2D eigenvalue weighted by atomic mass is 16.5. The molecule has 2 heterocycles. The standard InChI is InChI=1S/C7H5NO5/c9-4-2-13-5-3(8-4)1-12-6(5)7(10)11/h1H,2H2,(H,8,9)(H,10,11). The Morgan fingerprint density at radius 1 is 1.62 bits per heavy atom. The summed E-state index contributed by atoms with van der Waals surface area (Å²) in [6.07, 6.45) is 1.13. The Morgan fingerprint density at radius 3 is 3.08 bits per heavy atom. The Kier molecular flexibility index (Phi) is 1.48. The second kappa shape index (κ2) is 2.51. The lowest BCUT2D eigenvalue weighted by Gasteiger charge is -2.12. The third-order valence-electron chi connectivity index (χ3n) is 1.56. The van der Waals surface area contributed by atoms with Gasteiger partial charge in [0.05, 0.1) is 0 Å². The number of furan rings is 1. The van der Waals surface area contributed by atoms with E-state index in [0.717, 1.165) is 6.26 Å². The van der Waals surface area contributed by atoms with Gasteiger partial charge in [-0.25, -0.2) is 4.79 Å². The zero-order chi connectivity index (χ0) is 9.42. The predicted molar refractivity (Wildman–Crippen MR) is 39.8 cm³/mol. The molecule has 0 saturated heterocycles. The molecule has 0 bridgehead atoms. The molecule has 1 aliphatic rings. The molecule has 2 N–H and O–H groups in total. The minimum atomic E-state index is -1.22. The summed E-state index contributed by atoms with van der Waals surface area (Å²) in [4.78, 5) is 21.3. The summed E-state index contributed by atoms with van der Waals surface area (Å²) in [6.45, 7) is -0.188. The van der Waals surface area contributed by atoms with Crippen LogP contribution in [0.4, 0.5) is 5.69 Å². The van der Waals surface area contributed by atoms with Crippen LogP contribution >= 0.6 is 0 Å². The number of aromatic carboxylic acids is 1. The molecule has 6 heteroatoms. The van der Waals surface area contributed by atoms with Crippen LogP contribution in [0.2, 0.25) is 0 Å².